The van der Waals surface area contributed by atoms with E-state index >= 15 is 0 Å². The molecule has 1 aromatic rings. The first-order valence-electron chi connectivity index (χ1n) is 20.0. The third-order valence-corrected chi connectivity index (χ3v) is 12.2. The smallest absolute Gasteiger partial charge is 0.333 e. The van der Waals surface area contributed by atoms with Gasteiger partial charge in [0, 0.05) is 23.5 Å². The van der Waals surface area contributed by atoms with Gasteiger partial charge in [-0.25, -0.2) is 4.79 Å². The predicted octanol–water partition coefficient (Wildman–Crippen LogP) is 10.0. The summed E-state index contributed by atoms with van der Waals surface area (Å²) >= 11 is 0. The number of carbonyl (C=O) groups is 1. The van der Waals surface area contributed by atoms with Gasteiger partial charge < -0.3 is 19.1 Å². The van der Waals surface area contributed by atoms with Crippen LogP contribution in [-0.2, 0) is 30.8 Å². The predicted molar refractivity (Wildman–Crippen MR) is 206 cm³/mol. The van der Waals surface area contributed by atoms with E-state index in [0.29, 0.717) is 37.2 Å². The Kier molecular flexibility index (Phi) is 14.6. The second-order valence-electron chi connectivity index (χ2n) is 16.7. The van der Waals surface area contributed by atoms with E-state index in [1.807, 2.05) is 14.1 Å². The van der Waals surface area contributed by atoms with Crippen LogP contribution in [-0.4, -0.2) is 58.1 Å². The summed E-state index contributed by atoms with van der Waals surface area (Å²) in [6.45, 7) is 14.2. The minimum atomic E-state index is -0.315. The molecule has 0 heterocycles. The summed E-state index contributed by atoms with van der Waals surface area (Å²) in [7, 11) is 4.05. The molecule has 3 atom stereocenters. The molecule has 3 fully saturated rings. The van der Waals surface area contributed by atoms with Gasteiger partial charge in [-0.3, -0.25) is 0 Å². The van der Waals surface area contributed by atoms with E-state index in [9.17, 15) is 4.79 Å². The summed E-state index contributed by atoms with van der Waals surface area (Å²) in [5.74, 6) is 3.70. The van der Waals surface area contributed by atoms with Crippen molar-refractivity contribution in [3.63, 3.8) is 0 Å². The number of ether oxygens (including phenoxy) is 3. The molecule has 5 rings (SSSR count). The van der Waals surface area contributed by atoms with E-state index in [4.69, 9.17) is 14.2 Å². The molecule has 5 heteroatoms. The van der Waals surface area contributed by atoms with Crippen LogP contribution in [0.15, 0.2) is 72.4 Å². The highest BCUT2D eigenvalue weighted by atomic mass is 16.7. The van der Waals surface area contributed by atoms with Gasteiger partial charge in [-0.1, -0.05) is 88.3 Å². The maximum atomic E-state index is 12.1. The third kappa shape index (κ3) is 11.0. The minimum Gasteiger partial charge on any atom is -0.462 e. The van der Waals surface area contributed by atoms with Gasteiger partial charge in [0.2, 0.25) is 0 Å². The van der Waals surface area contributed by atoms with Crippen LogP contribution >= 0.6 is 0 Å². The van der Waals surface area contributed by atoms with Gasteiger partial charge in [0.1, 0.15) is 6.79 Å². The second-order valence-corrected chi connectivity index (χ2v) is 16.7. The zero-order valence-corrected chi connectivity index (χ0v) is 31.9. The molecule has 0 bridgehead atoms. The van der Waals surface area contributed by atoms with Crippen molar-refractivity contribution in [3.8, 4) is 0 Å². The zero-order valence-electron chi connectivity index (χ0n) is 31.9. The van der Waals surface area contributed by atoms with Crippen molar-refractivity contribution in [3.05, 3.63) is 83.5 Å². The Morgan fingerprint density at radius 2 is 1.64 bits per heavy atom. The van der Waals surface area contributed by atoms with Gasteiger partial charge >= 0.3 is 5.97 Å². The van der Waals surface area contributed by atoms with Gasteiger partial charge in [0.25, 0.3) is 0 Å². The SMILES string of the molecule is C=C(COCOCC(COC(=O)C(=C)C)CC1CCC(C2CCC(C3=CC4CC4(c4ccc(CCCCC)cc4)C=C3)CC2)CC1)CN(C)C. The fourth-order valence-corrected chi connectivity index (χ4v) is 9.24. The fraction of sp³-hybridized carbons (Fsp3) is 0.667. The van der Waals surface area contributed by atoms with Crippen LogP contribution in [0.2, 0.25) is 0 Å². The highest BCUT2D eigenvalue weighted by molar-refractivity contribution is 5.86. The van der Waals surface area contributed by atoms with E-state index in [1.165, 1.54) is 94.6 Å². The van der Waals surface area contributed by atoms with Gasteiger partial charge in [-0.05, 0) is 137 Å². The monoisotopic (exact) mass is 686 g/mol. The quantitative estimate of drug-likeness (QED) is 0.0450. The van der Waals surface area contributed by atoms with Crippen molar-refractivity contribution < 1.29 is 19.0 Å². The lowest BCUT2D eigenvalue weighted by Crippen LogP contribution is -2.28. The molecular formula is C45H67NO4. The number of unbranched alkanes of at least 4 members (excludes halogenated alkanes) is 2. The van der Waals surface area contributed by atoms with Crippen LogP contribution in [0.3, 0.4) is 0 Å². The topological polar surface area (TPSA) is 48.0 Å². The Labute approximate surface area is 304 Å². The number of allylic oxidation sites excluding steroid dienone is 4. The fourth-order valence-electron chi connectivity index (χ4n) is 9.24. The molecule has 4 aliphatic carbocycles. The number of benzene rings is 1. The molecule has 4 aliphatic rings. The first kappa shape index (κ1) is 38.8. The standard InChI is InChI=1S/C45H67NO4/c1-7-8-9-10-35-13-21-42(22-14-35)45-24-23-41(26-43(45)27-45)40-19-17-39(18-20-40)38-15-11-36(12-16-38)25-37(31-50-44(47)33(2)3)30-49-32-48-29-34(4)28-46(5)6/h13-14,21-24,26,36-40,43H,2,4,7-12,15-20,25,27-32H2,1,3,5-6H3. The average Bonchev–Trinajstić information content (AvgIpc) is 3.86. The molecule has 3 saturated carbocycles. The molecule has 0 amide bonds. The molecule has 0 aliphatic heterocycles. The van der Waals surface area contributed by atoms with E-state index < -0.39 is 0 Å². The van der Waals surface area contributed by atoms with E-state index in [0.717, 1.165) is 36.3 Å². The van der Waals surface area contributed by atoms with Crippen molar-refractivity contribution in [2.45, 2.75) is 109 Å². The molecule has 5 nitrogen and oxygen atoms in total. The Balaban J connectivity index is 1.02. The molecule has 276 valence electrons. The number of aryl methyl sites for hydroxylation is 1. The Morgan fingerprint density at radius 3 is 2.28 bits per heavy atom. The Hall–Kier alpha value is -2.47. The molecule has 0 aromatic heterocycles. The van der Waals surface area contributed by atoms with Gasteiger partial charge in [-0.15, -0.1) is 0 Å². The van der Waals surface area contributed by atoms with E-state index in [-0.39, 0.29) is 24.1 Å². The minimum absolute atomic E-state index is 0.167. The van der Waals surface area contributed by atoms with Crippen molar-refractivity contribution in [1.29, 1.82) is 0 Å². The van der Waals surface area contributed by atoms with Gasteiger partial charge in [0.05, 0.1) is 19.8 Å². The lowest BCUT2D eigenvalue weighted by atomic mass is 9.67. The summed E-state index contributed by atoms with van der Waals surface area (Å²) in [6, 6.07) is 9.60. The highest BCUT2D eigenvalue weighted by Crippen LogP contribution is 2.59. The number of likely N-dealkylation sites (N-methyl/N-ethyl adjacent to an activating group) is 1. The lowest BCUT2D eigenvalue weighted by Gasteiger charge is -2.39. The van der Waals surface area contributed by atoms with Crippen LogP contribution in [0.25, 0.3) is 0 Å². The summed E-state index contributed by atoms with van der Waals surface area (Å²) in [5, 5.41) is 0. The van der Waals surface area contributed by atoms with E-state index in [1.54, 1.807) is 12.5 Å². The summed E-state index contributed by atoms with van der Waals surface area (Å²) in [4.78, 5) is 14.2. The molecule has 50 heavy (non-hydrogen) atoms. The normalized spacial score (nSPS) is 28.1. The van der Waals surface area contributed by atoms with Crippen molar-refractivity contribution in [2.75, 3.05) is 47.3 Å². The van der Waals surface area contributed by atoms with Crippen molar-refractivity contribution in [2.24, 2.45) is 35.5 Å². The molecule has 1 aromatic carbocycles. The van der Waals surface area contributed by atoms with Crippen molar-refractivity contribution in [1.82, 2.24) is 4.90 Å². The number of carbonyl (C=O) groups excluding carboxylic acids is 1. The first-order valence-corrected chi connectivity index (χ1v) is 20.0. The van der Waals surface area contributed by atoms with Gasteiger partial charge in [0.15, 0.2) is 0 Å². The number of fused-ring (bicyclic) bond motifs is 1. The van der Waals surface area contributed by atoms with Gasteiger partial charge in [-0.2, -0.15) is 0 Å². The number of nitrogens with zero attached hydrogens (tertiary/aromatic N) is 1. The van der Waals surface area contributed by atoms with Crippen LogP contribution < -0.4 is 0 Å². The molecule has 0 saturated heterocycles. The first-order chi connectivity index (χ1) is 24.2. The molecule has 0 spiro atoms. The number of rotatable bonds is 20. The van der Waals surface area contributed by atoms with Crippen LogP contribution in [0.4, 0.5) is 0 Å². The lowest BCUT2D eigenvalue weighted by molar-refractivity contribution is -0.142. The van der Waals surface area contributed by atoms with E-state index in [2.05, 4.69) is 67.5 Å². The zero-order chi connectivity index (χ0) is 35.5. The molecule has 0 radical (unpaired) electrons. The summed E-state index contributed by atoms with van der Waals surface area (Å²) in [6.07, 6.45) is 25.9. The van der Waals surface area contributed by atoms with Crippen LogP contribution in [0.1, 0.15) is 108 Å². The number of hydrogen-bond donors (Lipinski definition) is 0. The second kappa shape index (κ2) is 18.9. The maximum absolute atomic E-state index is 12.1. The van der Waals surface area contributed by atoms with Crippen LogP contribution in [0, 0.1) is 35.5 Å². The van der Waals surface area contributed by atoms with Crippen molar-refractivity contribution >= 4 is 5.97 Å². The highest BCUT2D eigenvalue weighted by Gasteiger charge is 2.53. The Bertz CT molecular complexity index is 1310. The molecule has 0 N–H and O–H groups in total. The largest absolute Gasteiger partial charge is 0.462 e. The third-order valence-electron chi connectivity index (χ3n) is 12.2. The van der Waals surface area contributed by atoms with Crippen LogP contribution in [0.5, 0.6) is 0 Å². The number of hydrogen-bond acceptors (Lipinski definition) is 5. The number of esters is 1. The molecule has 3 unspecified atom stereocenters. The molecular weight excluding hydrogens is 618 g/mol. The average molecular weight is 686 g/mol. The summed E-state index contributed by atoms with van der Waals surface area (Å²) < 4.78 is 17.2. The summed E-state index contributed by atoms with van der Waals surface area (Å²) in [5.41, 5.74) is 6.38. The Morgan fingerprint density at radius 1 is 0.940 bits per heavy atom. The maximum Gasteiger partial charge on any atom is 0.333 e.